The third kappa shape index (κ3) is 2.51. The van der Waals surface area contributed by atoms with Crippen LogP contribution in [-0.2, 0) is 0 Å². The summed E-state index contributed by atoms with van der Waals surface area (Å²) in [4.78, 5) is 0. The third-order valence-electron chi connectivity index (χ3n) is 2.94. The molecule has 0 amide bonds. The zero-order valence-electron chi connectivity index (χ0n) is 10.4. The zero-order valence-corrected chi connectivity index (χ0v) is 13.6. The Bertz CT molecular complexity index is 765. The smallest absolute Gasteiger partial charge is 0.127 e. The van der Waals surface area contributed by atoms with Crippen molar-refractivity contribution in [3.05, 3.63) is 63.5 Å². The molecule has 100 valence electrons. The number of hydrogen-bond donors (Lipinski definition) is 1. The Morgan fingerprint density at radius 3 is 2.50 bits per heavy atom. The molecule has 5 heteroatoms. The van der Waals surface area contributed by atoms with E-state index >= 15 is 0 Å². The van der Waals surface area contributed by atoms with E-state index in [1.807, 2.05) is 54.6 Å². The van der Waals surface area contributed by atoms with Crippen LogP contribution in [0.1, 0.15) is 0 Å². The molecule has 0 aliphatic carbocycles. The maximum atomic E-state index is 6.08. The molecule has 3 rings (SSSR count). The lowest BCUT2D eigenvalue weighted by molar-refractivity contribution is 0.894. The number of nitrogen functional groups attached to an aromatic ring is 1. The molecule has 0 fully saturated rings. The lowest BCUT2D eigenvalue weighted by Crippen LogP contribution is -2.01. The Hall–Kier alpha value is -1.59. The molecule has 0 atom stereocenters. The molecule has 0 spiro atoms. The van der Waals surface area contributed by atoms with Gasteiger partial charge in [-0.25, -0.2) is 4.68 Å². The van der Waals surface area contributed by atoms with Gasteiger partial charge in [-0.15, -0.1) is 0 Å². The minimum Gasteiger partial charge on any atom is -0.384 e. The second kappa shape index (κ2) is 5.42. The summed E-state index contributed by atoms with van der Waals surface area (Å²) in [5.74, 6) is 0.605. The summed E-state index contributed by atoms with van der Waals surface area (Å²) >= 11 is 6.99. The van der Waals surface area contributed by atoms with Crippen LogP contribution in [0.15, 0.2) is 63.5 Å². The van der Waals surface area contributed by atoms with Crippen molar-refractivity contribution >= 4 is 37.7 Å². The summed E-state index contributed by atoms with van der Waals surface area (Å²) in [7, 11) is 0. The number of hydrogen-bond acceptors (Lipinski definition) is 2. The monoisotopic (exact) mass is 391 g/mol. The zero-order chi connectivity index (χ0) is 14.1. The second-order valence-electron chi connectivity index (χ2n) is 4.33. The molecule has 3 aromatic rings. The highest BCUT2D eigenvalue weighted by Crippen LogP contribution is 2.29. The predicted octanol–water partition coefficient (Wildman–Crippen LogP) is 4.65. The maximum absolute atomic E-state index is 6.08. The molecular formula is C15H11Br2N3. The lowest BCUT2D eigenvalue weighted by Gasteiger charge is -2.04. The molecule has 0 radical (unpaired) electrons. The van der Waals surface area contributed by atoms with E-state index in [2.05, 4.69) is 37.0 Å². The first-order valence-corrected chi connectivity index (χ1v) is 7.60. The maximum Gasteiger partial charge on any atom is 0.127 e. The van der Waals surface area contributed by atoms with Gasteiger partial charge in [0.1, 0.15) is 5.82 Å². The van der Waals surface area contributed by atoms with Crippen LogP contribution in [-0.4, -0.2) is 9.78 Å². The largest absolute Gasteiger partial charge is 0.384 e. The van der Waals surface area contributed by atoms with E-state index in [0.717, 1.165) is 25.9 Å². The van der Waals surface area contributed by atoms with Crippen LogP contribution in [0.3, 0.4) is 0 Å². The first kappa shape index (κ1) is 13.4. The highest BCUT2D eigenvalue weighted by molar-refractivity contribution is 9.10. The van der Waals surface area contributed by atoms with Gasteiger partial charge in [-0.2, -0.15) is 5.10 Å². The van der Waals surface area contributed by atoms with E-state index < -0.39 is 0 Å². The third-order valence-corrected chi connectivity index (χ3v) is 4.12. The van der Waals surface area contributed by atoms with Crippen molar-refractivity contribution in [2.75, 3.05) is 5.73 Å². The molecule has 20 heavy (non-hydrogen) atoms. The van der Waals surface area contributed by atoms with E-state index in [1.165, 1.54) is 0 Å². The van der Waals surface area contributed by atoms with Gasteiger partial charge in [0.15, 0.2) is 0 Å². The second-order valence-corrected chi connectivity index (χ2v) is 6.10. The quantitative estimate of drug-likeness (QED) is 0.689. The molecule has 1 aromatic heterocycles. The Morgan fingerprint density at radius 1 is 0.950 bits per heavy atom. The fourth-order valence-electron chi connectivity index (χ4n) is 2.01. The van der Waals surface area contributed by atoms with Crippen molar-refractivity contribution in [1.82, 2.24) is 9.78 Å². The van der Waals surface area contributed by atoms with E-state index in [0.29, 0.717) is 5.82 Å². The standard InChI is InChI=1S/C15H11Br2N3/c16-10-4-3-5-11(8-10)20-15(18)9-14(19-20)12-6-1-2-7-13(12)17/h1-9H,18H2. The van der Waals surface area contributed by atoms with Gasteiger partial charge in [-0.1, -0.05) is 56.1 Å². The van der Waals surface area contributed by atoms with Crippen LogP contribution in [0.2, 0.25) is 0 Å². The van der Waals surface area contributed by atoms with Gasteiger partial charge in [0.2, 0.25) is 0 Å². The Kier molecular flexibility index (Phi) is 3.63. The molecule has 1 heterocycles. The molecular weight excluding hydrogens is 382 g/mol. The molecule has 3 nitrogen and oxygen atoms in total. The fraction of sp³-hybridized carbons (Fsp3) is 0. The van der Waals surface area contributed by atoms with Crippen molar-refractivity contribution in [3.8, 4) is 16.9 Å². The van der Waals surface area contributed by atoms with Gasteiger partial charge in [0, 0.05) is 20.6 Å². The van der Waals surface area contributed by atoms with Gasteiger partial charge in [0.05, 0.1) is 11.4 Å². The molecule has 0 saturated carbocycles. The van der Waals surface area contributed by atoms with Gasteiger partial charge in [0.25, 0.3) is 0 Å². The van der Waals surface area contributed by atoms with Gasteiger partial charge >= 0.3 is 0 Å². The normalized spacial score (nSPS) is 10.7. The van der Waals surface area contributed by atoms with Crippen LogP contribution in [0.25, 0.3) is 16.9 Å². The number of nitrogens with zero attached hydrogens (tertiary/aromatic N) is 2. The Morgan fingerprint density at radius 2 is 1.75 bits per heavy atom. The Balaban J connectivity index is 2.10. The van der Waals surface area contributed by atoms with Crippen LogP contribution in [0.4, 0.5) is 5.82 Å². The molecule has 0 bridgehead atoms. The van der Waals surface area contributed by atoms with E-state index in [9.17, 15) is 0 Å². The number of anilines is 1. The first-order chi connectivity index (χ1) is 9.65. The van der Waals surface area contributed by atoms with E-state index in [4.69, 9.17) is 5.73 Å². The molecule has 0 aliphatic heterocycles. The van der Waals surface area contributed by atoms with Crippen molar-refractivity contribution in [2.45, 2.75) is 0 Å². The fourth-order valence-corrected chi connectivity index (χ4v) is 2.89. The van der Waals surface area contributed by atoms with Crippen molar-refractivity contribution in [2.24, 2.45) is 0 Å². The highest BCUT2D eigenvalue weighted by Gasteiger charge is 2.11. The van der Waals surface area contributed by atoms with Gasteiger partial charge < -0.3 is 5.73 Å². The molecule has 0 unspecified atom stereocenters. The molecule has 2 N–H and O–H groups in total. The summed E-state index contributed by atoms with van der Waals surface area (Å²) in [5.41, 5.74) is 8.87. The molecule has 2 aromatic carbocycles. The number of rotatable bonds is 2. The minimum atomic E-state index is 0.605. The lowest BCUT2D eigenvalue weighted by atomic mass is 10.1. The molecule has 0 saturated heterocycles. The van der Waals surface area contributed by atoms with Crippen molar-refractivity contribution < 1.29 is 0 Å². The summed E-state index contributed by atoms with van der Waals surface area (Å²) in [6.45, 7) is 0. The van der Waals surface area contributed by atoms with Crippen LogP contribution < -0.4 is 5.73 Å². The Labute approximate surface area is 133 Å². The van der Waals surface area contributed by atoms with E-state index in [-0.39, 0.29) is 0 Å². The average Bonchev–Trinajstić information content (AvgIpc) is 2.81. The van der Waals surface area contributed by atoms with Crippen LogP contribution >= 0.6 is 31.9 Å². The van der Waals surface area contributed by atoms with Crippen molar-refractivity contribution in [3.63, 3.8) is 0 Å². The van der Waals surface area contributed by atoms with Crippen LogP contribution in [0, 0.1) is 0 Å². The summed E-state index contributed by atoms with van der Waals surface area (Å²) in [6.07, 6.45) is 0. The predicted molar refractivity (Wildman–Crippen MR) is 88.8 cm³/mol. The number of halogens is 2. The first-order valence-electron chi connectivity index (χ1n) is 6.01. The minimum absolute atomic E-state index is 0.605. The van der Waals surface area contributed by atoms with E-state index in [1.54, 1.807) is 4.68 Å². The summed E-state index contributed by atoms with van der Waals surface area (Å²) < 4.78 is 3.73. The number of nitrogens with two attached hydrogens (primary N) is 1. The average molecular weight is 393 g/mol. The molecule has 0 aliphatic rings. The SMILES string of the molecule is Nc1cc(-c2ccccc2Br)nn1-c1cccc(Br)c1. The summed E-state index contributed by atoms with van der Waals surface area (Å²) in [5, 5.41) is 4.59. The highest BCUT2D eigenvalue weighted by atomic mass is 79.9. The number of benzene rings is 2. The topological polar surface area (TPSA) is 43.8 Å². The van der Waals surface area contributed by atoms with Gasteiger partial charge in [-0.3, -0.25) is 0 Å². The van der Waals surface area contributed by atoms with Crippen molar-refractivity contribution in [1.29, 1.82) is 0 Å². The van der Waals surface area contributed by atoms with Crippen LogP contribution in [0.5, 0.6) is 0 Å². The summed E-state index contributed by atoms with van der Waals surface area (Å²) in [6, 6.07) is 17.7. The van der Waals surface area contributed by atoms with Gasteiger partial charge in [-0.05, 0) is 24.3 Å². The number of aromatic nitrogens is 2.